The number of aromatic carboxylic acids is 1. The number of ether oxygens (including phenoxy) is 1. The molecule has 0 spiro atoms. The van der Waals surface area contributed by atoms with Gasteiger partial charge in [0.05, 0.1) is 23.6 Å². The third-order valence-electron chi connectivity index (χ3n) is 3.77. The van der Waals surface area contributed by atoms with Crippen LogP contribution in [-0.4, -0.2) is 47.2 Å². The van der Waals surface area contributed by atoms with Crippen LogP contribution < -0.4 is 0 Å². The van der Waals surface area contributed by atoms with E-state index in [1.165, 1.54) is 6.07 Å². The average molecular weight is 281 g/mol. The molecule has 2 heterocycles. The first-order chi connectivity index (χ1) is 9.16. The average Bonchev–Trinajstić information content (AvgIpc) is 3.06. The highest BCUT2D eigenvalue weighted by atomic mass is 32.1. The zero-order valence-electron chi connectivity index (χ0n) is 10.4. The van der Waals surface area contributed by atoms with Crippen LogP contribution >= 0.6 is 11.3 Å². The minimum atomic E-state index is -0.982. The molecule has 0 aromatic carbocycles. The van der Waals surface area contributed by atoms with Crippen molar-refractivity contribution < 1.29 is 19.4 Å². The summed E-state index contributed by atoms with van der Waals surface area (Å²) >= 11 is 1.05. The fourth-order valence-electron chi connectivity index (χ4n) is 2.89. The fourth-order valence-corrected chi connectivity index (χ4v) is 3.69. The van der Waals surface area contributed by atoms with Crippen molar-refractivity contribution in [3.8, 4) is 0 Å². The monoisotopic (exact) mass is 281 g/mol. The summed E-state index contributed by atoms with van der Waals surface area (Å²) in [6.07, 6.45) is 3.24. The maximum atomic E-state index is 12.5. The number of carboxylic acid groups (broad SMARTS) is 1. The second-order valence-corrected chi connectivity index (χ2v) is 5.96. The smallest absolute Gasteiger partial charge is 0.345 e. The van der Waals surface area contributed by atoms with Crippen LogP contribution in [0.4, 0.5) is 0 Å². The van der Waals surface area contributed by atoms with Crippen molar-refractivity contribution >= 4 is 23.2 Å². The molecular weight excluding hydrogens is 266 g/mol. The summed E-state index contributed by atoms with van der Waals surface area (Å²) in [4.78, 5) is 25.9. The first kappa shape index (κ1) is 12.6. The largest absolute Gasteiger partial charge is 0.477 e. The van der Waals surface area contributed by atoms with Crippen molar-refractivity contribution in [2.24, 2.45) is 0 Å². The predicted molar refractivity (Wildman–Crippen MR) is 69.7 cm³/mol. The van der Waals surface area contributed by atoms with Gasteiger partial charge in [0.1, 0.15) is 4.88 Å². The van der Waals surface area contributed by atoms with E-state index in [1.54, 1.807) is 6.07 Å². The van der Waals surface area contributed by atoms with E-state index in [1.807, 2.05) is 4.90 Å². The Bertz CT molecular complexity index is 512. The zero-order valence-corrected chi connectivity index (χ0v) is 11.2. The molecule has 2 fully saturated rings. The van der Waals surface area contributed by atoms with Gasteiger partial charge in [0.15, 0.2) is 0 Å². The Labute approximate surface area is 114 Å². The van der Waals surface area contributed by atoms with Crippen LogP contribution in [0.25, 0.3) is 0 Å². The van der Waals surface area contributed by atoms with Gasteiger partial charge in [0.25, 0.3) is 5.91 Å². The number of thiophene rings is 1. The Hall–Kier alpha value is -1.40. The molecule has 0 bridgehead atoms. The number of amides is 1. The van der Waals surface area contributed by atoms with Crippen molar-refractivity contribution in [2.75, 3.05) is 13.2 Å². The second kappa shape index (κ2) is 4.94. The van der Waals surface area contributed by atoms with Crippen molar-refractivity contribution in [3.05, 3.63) is 21.9 Å². The Morgan fingerprint density at radius 1 is 1.32 bits per heavy atom. The molecule has 1 aromatic heterocycles. The van der Waals surface area contributed by atoms with E-state index in [9.17, 15) is 9.59 Å². The van der Waals surface area contributed by atoms with E-state index in [0.29, 0.717) is 18.0 Å². The molecule has 5 nitrogen and oxygen atoms in total. The minimum Gasteiger partial charge on any atom is -0.477 e. The number of rotatable bonds is 2. The van der Waals surface area contributed by atoms with E-state index in [4.69, 9.17) is 9.84 Å². The number of morpholine rings is 1. The number of carbonyl (C=O) groups excluding carboxylic acids is 1. The number of carboxylic acids is 1. The second-order valence-electron chi connectivity index (χ2n) is 4.88. The molecule has 3 rings (SSSR count). The van der Waals surface area contributed by atoms with Crippen LogP contribution in [0.1, 0.15) is 38.6 Å². The Kier molecular flexibility index (Phi) is 3.28. The van der Waals surface area contributed by atoms with Gasteiger partial charge >= 0.3 is 5.97 Å². The van der Waals surface area contributed by atoms with Gasteiger partial charge in [-0.3, -0.25) is 4.79 Å². The van der Waals surface area contributed by atoms with Gasteiger partial charge in [-0.25, -0.2) is 4.79 Å². The summed E-state index contributed by atoms with van der Waals surface area (Å²) in [6.45, 7) is 1.17. The van der Waals surface area contributed by atoms with Gasteiger partial charge < -0.3 is 14.7 Å². The highest BCUT2D eigenvalue weighted by Crippen LogP contribution is 2.31. The van der Waals surface area contributed by atoms with E-state index in [2.05, 4.69) is 0 Å². The van der Waals surface area contributed by atoms with Crippen molar-refractivity contribution in [3.63, 3.8) is 0 Å². The van der Waals surface area contributed by atoms with E-state index < -0.39 is 5.97 Å². The number of hydrogen-bond donors (Lipinski definition) is 1. The molecule has 1 aliphatic carbocycles. The molecule has 6 heteroatoms. The Balaban J connectivity index is 1.80. The number of hydrogen-bond acceptors (Lipinski definition) is 4. The lowest BCUT2D eigenvalue weighted by Gasteiger charge is -2.37. The Morgan fingerprint density at radius 3 is 2.84 bits per heavy atom. The topological polar surface area (TPSA) is 66.8 Å². The first-order valence-electron chi connectivity index (χ1n) is 6.42. The number of fused-ring (bicyclic) bond motifs is 1. The molecule has 19 heavy (non-hydrogen) atoms. The lowest BCUT2D eigenvalue weighted by molar-refractivity contribution is -0.0443. The predicted octanol–water partition coefficient (Wildman–Crippen LogP) is 1.84. The van der Waals surface area contributed by atoms with Gasteiger partial charge in [0, 0.05) is 6.54 Å². The van der Waals surface area contributed by atoms with Gasteiger partial charge in [-0.15, -0.1) is 11.3 Å². The van der Waals surface area contributed by atoms with Crippen molar-refractivity contribution in [2.45, 2.75) is 31.4 Å². The molecule has 1 N–H and O–H groups in total. The third-order valence-corrected chi connectivity index (χ3v) is 4.83. The van der Waals surface area contributed by atoms with Crippen LogP contribution in [0, 0.1) is 0 Å². The molecule has 0 unspecified atom stereocenters. The van der Waals surface area contributed by atoms with Crippen LogP contribution in [0.5, 0.6) is 0 Å². The molecule has 1 aliphatic heterocycles. The molecule has 102 valence electrons. The van der Waals surface area contributed by atoms with E-state index >= 15 is 0 Å². The van der Waals surface area contributed by atoms with Crippen LogP contribution in [-0.2, 0) is 4.74 Å². The Morgan fingerprint density at radius 2 is 2.11 bits per heavy atom. The first-order valence-corrected chi connectivity index (χ1v) is 7.24. The fraction of sp³-hybridized carbons (Fsp3) is 0.538. The van der Waals surface area contributed by atoms with Gasteiger partial charge in [-0.2, -0.15) is 0 Å². The summed E-state index contributed by atoms with van der Waals surface area (Å²) in [5.41, 5.74) is 0. The third kappa shape index (κ3) is 2.26. The molecule has 1 aromatic rings. The normalized spacial score (nSPS) is 26.2. The minimum absolute atomic E-state index is 0.0577. The zero-order chi connectivity index (χ0) is 13.4. The maximum Gasteiger partial charge on any atom is 0.345 e. The molecule has 2 atom stereocenters. The molecule has 2 aliphatic rings. The summed E-state index contributed by atoms with van der Waals surface area (Å²) in [6, 6.07) is 3.26. The maximum absolute atomic E-state index is 12.5. The summed E-state index contributed by atoms with van der Waals surface area (Å²) in [7, 11) is 0. The van der Waals surface area contributed by atoms with Gasteiger partial charge in [0.2, 0.25) is 0 Å². The molecule has 1 saturated carbocycles. The highest BCUT2D eigenvalue weighted by molar-refractivity contribution is 7.15. The van der Waals surface area contributed by atoms with Crippen LogP contribution in [0.2, 0.25) is 0 Å². The summed E-state index contributed by atoms with van der Waals surface area (Å²) < 4.78 is 5.68. The van der Waals surface area contributed by atoms with Gasteiger partial charge in [-0.1, -0.05) is 0 Å². The van der Waals surface area contributed by atoms with Crippen molar-refractivity contribution in [1.82, 2.24) is 4.90 Å². The number of carbonyl (C=O) groups is 2. The molecule has 0 radical (unpaired) electrons. The molecule has 1 saturated heterocycles. The highest BCUT2D eigenvalue weighted by Gasteiger charge is 2.38. The SMILES string of the molecule is O=C(O)c1ccc(C(=O)N2CCO[C@@H]3CCC[C@@H]32)s1. The standard InChI is InChI=1S/C13H15NO4S/c15-12(10-4-5-11(19-10)13(16)17)14-6-7-18-9-3-1-2-8(9)14/h4-5,8-9H,1-3,6-7H2,(H,16,17)/t8-,9+/m0/s1. The quantitative estimate of drug-likeness (QED) is 0.898. The van der Waals surface area contributed by atoms with Crippen LogP contribution in [0.15, 0.2) is 12.1 Å². The van der Waals surface area contributed by atoms with Gasteiger partial charge in [-0.05, 0) is 31.4 Å². The lowest BCUT2D eigenvalue weighted by atomic mass is 10.1. The van der Waals surface area contributed by atoms with E-state index in [0.717, 1.165) is 30.6 Å². The van der Waals surface area contributed by atoms with Crippen molar-refractivity contribution in [1.29, 1.82) is 0 Å². The summed E-state index contributed by atoms with van der Waals surface area (Å²) in [5, 5.41) is 8.91. The van der Waals surface area contributed by atoms with E-state index in [-0.39, 0.29) is 22.9 Å². The summed E-state index contributed by atoms with van der Waals surface area (Å²) in [5.74, 6) is -1.04. The molecular formula is C13H15NO4S. The number of nitrogens with zero attached hydrogens (tertiary/aromatic N) is 1. The lowest BCUT2D eigenvalue weighted by Crippen LogP contribution is -2.51. The molecule has 1 amide bonds. The van der Waals surface area contributed by atoms with Crippen LogP contribution in [0.3, 0.4) is 0 Å².